The van der Waals surface area contributed by atoms with E-state index in [0.717, 1.165) is 6.04 Å². The largest absolute Gasteiger partial charge is 0.306 e. The summed E-state index contributed by atoms with van der Waals surface area (Å²) in [5.41, 5.74) is 0. The number of likely N-dealkylation sites (tertiary alicyclic amines) is 1. The van der Waals surface area contributed by atoms with Crippen molar-refractivity contribution in [2.75, 3.05) is 20.1 Å². The van der Waals surface area contributed by atoms with Crippen molar-refractivity contribution in [1.29, 1.82) is 0 Å². The molecule has 0 spiro atoms. The van der Waals surface area contributed by atoms with Gasteiger partial charge in [-0.25, -0.2) is 0 Å². The highest BCUT2D eigenvalue weighted by atomic mass is 127. The van der Waals surface area contributed by atoms with Crippen LogP contribution in [-0.2, 0) is 0 Å². The maximum absolute atomic E-state index is 3.31. The van der Waals surface area contributed by atoms with E-state index in [0.29, 0.717) is 0 Å². The first kappa shape index (κ1) is 8.74. The molecule has 2 nitrogen and oxygen atoms in total. The molecule has 1 saturated heterocycles. The van der Waals surface area contributed by atoms with Crippen molar-refractivity contribution >= 4 is 22.9 Å². The van der Waals surface area contributed by atoms with Gasteiger partial charge in [-0.3, -0.25) is 3.53 Å². The molecular formula is C7H15IN2. The van der Waals surface area contributed by atoms with Crippen LogP contribution in [0.1, 0.15) is 19.3 Å². The Balaban J connectivity index is 2.26. The van der Waals surface area contributed by atoms with Crippen LogP contribution in [0.25, 0.3) is 0 Å². The monoisotopic (exact) mass is 254 g/mol. The molecule has 60 valence electrons. The second kappa shape index (κ2) is 4.51. The summed E-state index contributed by atoms with van der Waals surface area (Å²) in [6, 6.07) is 0.755. The van der Waals surface area contributed by atoms with Crippen LogP contribution in [-0.4, -0.2) is 31.1 Å². The van der Waals surface area contributed by atoms with Crippen LogP contribution in [0.5, 0.6) is 0 Å². The van der Waals surface area contributed by atoms with E-state index in [1.807, 2.05) is 0 Å². The van der Waals surface area contributed by atoms with Crippen LogP contribution in [0.15, 0.2) is 0 Å². The van der Waals surface area contributed by atoms with E-state index >= 15 is 0 Å². The zero-order valence-electron chi connectivity index (χ0n) is 6.44. The molecule has 0 amide bonds. The molecule has 1 fully saturated rings. The lowest BCUT2D eigenvalue weighted by Crippen LogP contribution is -2.23. The summed E-state index contributed by atoms with van der Waals surface area (Å²) in [6.07, 6.45) is 3.99. The summed E-state index contributed by atoms with van der Waals surface area (Å²) in [7, 11) is 2.20. The van der Waals surface area contributed by atoms with Crippen molar-refractivity contribution in [2.45, 2.75) is 25.3 Å². The Morgan fingerprint density at radius 2 is 2.20 bits per heavy atom. The van der Waals surface area contributed by atoms with E-state index in [4.69, 9.17) is 0 Å². The summed E-state index contributed by atoms with van der Waals surface area (Å²) in [5.74, 6) is 0. The average Bonchev–Trinajstić information content (AvgIpc) is 2.14. The summed E-state index contributed by atoms with van der Waals surface area (Å²) < 4.78 is 3.31. The minimum atomic E-state index is 0.755. The van der Waals surface area contributed by atoms with Gasteiger partial charge in [0.1, 0.15) is 0 Å². The Morgan fingerprint density at radius 1 is 1.40 bits per heavy atom. The molecule has 3 heteroatoms. The van der Waals surface area contributed by atoms with E-state index < -0.39 is 0 Å². The first-order valence-electron chi connectivity index (χ1n) is 3.87. The van der Waals surface area contributed by atoms with Gasteiger partial charge in [0, 0.05) is 28.9 Å². The van der Waals surface area contributed by atoms with Crippen LogP contribution in [0.3, 0.4) is 0 Å². The molecule has 0 aromatic heterocycles. The second-order valence-electron chi connectivity index (χ2n) is 3.04. The van der Waals surface area contributed by atoms with E-state index in [1.54, 1.807) is 0 Å². The van der Waals surface area contributed by atoms with Gasteiger partial charge >= 0.3 is 0 Å². The zero-order chi connectivity index (χ0) is 7.40. The van der Waals surface area contributed by atoms with E-state index in [2.05, 4.69) is 38.3 Å². The van der Waals surface area contributed by atoms with Crippen LogP contribution in [0.2, 0.25) is 0 Å². The normalized spacial score (nSPS) is 30.0. The van der Waals surface area contributed by atoms with Crippen molar-refractivity contribution in [2.24, 2.45) is 0 Å². The SMILES string of the molecule is CN1CCCC(NI)CC1. The minimum Gasteiger partial charge on any atom is -0.306 e. The van der Waals surface area contributed by atoms with Gasteiger partial charge in [0.05, 0.1) is 0 Å². The predicted octanol–water partition coefficient (Wildman–Crippen LogP) is 1.41. The fourth-order valence-corrected chi connectivity index (χ4v) is 1.97. The Labute approximate surface area is 76.9 Å². The molecule has 0 saturated carbocycles. The molecule has 0 aromatic carbocycles. The number of nitrogens with zero attached hydrogens (tertiary/aromatic N) is 1. The topological polar surface area (TPSA) is 15.3 Å². The van der Waals surface area contributed by atoms with Crippen LogP contribution in [0.4, 0.5) is 0 Å². The Bertz CT molecular complexity index is 97.6. The molecule has 1 rings (SSSR count). The molecule has 1 unspecified atom stereocenters. The molecule has 1 aliphatic rings. The van der Waals surface area contributed by atoms with Crippen LogP contribution < -0.4 is 3.53 Å². The quantitative estimate of drug-likeness (QED) is 0.562. The van der Waals surface area contributed by atoms with Gasteiger partial charge in [0.15, 0.2) is 0 Å². The Morgan fingerprint density at radius 3 is 2.90 bits per heavy atom. The third-order valence-electron chi connectivity index (χ3n) is 2.11. The minimum absolute atomic E-state index is 0.755. The number of hydrogen-bond acceptors (Lipinski definition) is 2. The Hall–Kier alpha value is 0.650. The summed E-state index contributed by atoms with van der Waals surface area (Å²) in [5, 5.41) is 0. The molecule has 0 aromatic rings. The lowest BCUT2D eigenvalue weighted by atomic mass is 10.1. The summed E-state index contributed by atoms with van der Waals surface area (Å²) >= 11 is 2.26. The second-order valence-corrected chi connectivity index (χ2v) is 3.66. The van der Waals surface area contributed by atoms with Crippen molar-refractivity contribution < 1.29 is 0 Å². The average molecular weight is 254 g/mol. The van der Waals surface area contributed by atoms with Gasteiger partial charge < -0.3 is 4.90 Å². The summed E-state index contributed by atoms with van der Waals surface area (Å²) in [4.78, 5) is 2.41. The van der Waals surface area contributed by atoms with Crippen molar-refractivity contribution in [3.8, 4) is 0 Å². The highest BCUT2D eigenvalue weighted by Crippen LogP contribution is 2.09. The molecule has 1 N–H and O–H groups in total. The van der Waals surface area contributed by atoms with E-state index in [1.165, 1.54) is 32.4 Å². The molecule has 10 heavy (non-hydrogen) atoms. The summed E-state index contributed by atoms with van der Waals surface area (Å²) in [6.45, 7) is 2.52. The number of halogens is 1. The number of nitrogens with one attached hydrogen (secondary N) is 1. The first-order chi connectivity index (χ1) is 4.83. The van der Waals surface area contributed by atoms with Gasteiger partial charge in [-0.05, 0) is 39.4 Å². The van der Waals surface area contributed by atoms with Crippen molar-refractivity contribution in [3.05, 3.63) is 0 Å². The molecule has 0 bridgehead atoms. The van der Waals surface area contributed by atoms with E-state index in [9.17, 15) is 0 Å². The molecule has 1 heterocycles. The highest BCUT2D eigenvalue weighted by molar-refractivity contribution is 14.1. The zero-order valence-corrected chi connectivity index (χ0v) is 8.60. The first-order valence-corrected chi connectivity index (χ1v) is 4.95. The standard InChI is InChI=1S/C7H15IN2/c1-10-5-2-3-7(9-8)4-6-10/h7,9H,2-6H2,1H3. The fourth-order valence-electron chi connectivity index (χ4n) is 1.35. The number of hydrogen-bond donors (Lipinski definition) is 1. The third-order valence-corrected chi connectivity index (χ3v) is 2.99. The van der Waals surface area contributed by atoms with Gasteiger partial charge in [-0.15, -0.1) is 0 Å². The molecule has 0 radical (unpaired) electrons. The molecule has 0 aliphatic carbocycles. The van der Waals surface area contributed by atoms with E-state index in [-0.39, 0.29) is 0 Å². The van der Waals surface area contributed by atoms with Gasteiger partial charge in [0.2, 0.25) is 0 Å². The predicted molar refractivity (Wildman–Crippen MR) is 52.3 cm³/mol. The third kappa shape index (κ3) is 2.72. The van der Waals surface area contributed by atoms with Crippen molar-refractivity contribution in [1.82, 2.24) is 8.43 Å². The molecular weight excluding hydrogens is 239 g/mol. The van der Waals surface area contributed by atoms with Crippen LogP contribution >= 0.6 is 22.9 Å². The highest BCUT2D eigenvalue weighted by Gasteiger charge is 2.12. The van der Waals surface area contributed by atoms with Gasteiger partial charge in [-0.2, -0.15) is 0 Å². The lowest BCUT2D eigenvalue weighted by molar-refractivity contribution is 0.347. The van der Waals surface area contributed by atoms with Crippen molar-refractivity contribution in [3.63, 3.8) is 0 Å². The van der Waals surface area contributed by atoms with Crippen LogP contribution in [0, 0.1) is 0 Å². The van der Waals surface area contributed by atoms with Gasteiger partial charge in [-0.1, -0.05) is 0 Å². The fraction of sp³-hybridized carbons (Fsp3) is 1.00. The smallest absolute Gasteiger partial charge is 0.0176 e. The maximum Gasteiger partial charge on any atom is 0.0176 e. The molecule has 1 atom stereocenters. The Kier molecular flexibility index (Phi) is 3.95. The number of rotatable bonds is 1. The maximum atomic E-state index is 3.31. The van der Waals surface area contributed by atoms with Gasteiger partial charge in [0.25, 0.3) is 0 Å². The lowest BCUT2D eigenvalue weighted by Gasteiger charge is -2.12. The molecule has 1 aliphatic heterocycles.